The molecule has 4 rings (SSSR count). The van der Waals surface area contributed by atoms with E-state index in [1.54, 1.807) is 42.5 Å². The summed E-state index contributed by atoms with van der Waals surface area (Å²) in [5.74, 6) is -1.52. The number of tetrazole rings is 1. The molecule has 0 aliphatic heterocycles. The maximum Gasteiger partial charge on any atom is 0.357 e. The fraction of sp³-hybridized carbons (Fsp3) is 0.100. The van der Waals surface area contributed by atoms with Gasteiger partial charge in [-0.25, -0.2) is 14.3 Å². The summed E-state index contributed by atoms with van der Waals surface area (Å²) in [5, 5.41) is 16.2. The first-order chi connectivity index (χ1) is 15.0. The Morgan fingerprint density at radius 1 is 1.00 bits per heavy atom. The highest BCUT2D eigenvalue weighted by Gasteiger charge is 2.32. The SMILES string of the molecule is COC(=O)c1c(-c2cc(Cl)ccc2-n2cnnn2)nn(-c2ccccc2)c1C(=O)OC. The summed E-state index contributed by atoms with van der Waals surface area (Å²) in [6, 6.07) is 13.8. The number of nitrogens with zero attached hydrogens (tertiary/aromatic N) is 6. The molecule has 0 N–H and O–H groups in total. The molecule has 2 aromatic heterocycles. The summed E-state index contributed by atoms with van der Waals surface area (Å²) in [7, 11) is 2.44. The fourth-order valence-electron chi connectivity index (χ4n) is 3.11. The van der Waals surface area contributed by atoms with Crippen molar-refractivity contribution in [3.05, 3.63) is 71.1 Å². The first-order valence-corrected chi connectivity index (χ1v) is 9.31. The number of hydrogen-bond acceptors (Lipinski definition) is 8. The van der Waals surface area contributed by atoms with Crippen LogP contribution in [0.2, 0.25) is 5.02 Å². The number of rotatable bonds is 5. The second-order valence-electron chi connectivity index (χ2n) is 6.22. The third-order valence-electron chi connectivity index (χ3n) is 4.46. The van der Waals surface area contributed by atoms with E-state index in [-0.39, 0.29) is 17.0 Å². The predicted octanol–water partition coefficient (Wildman–Crippen LogP) is 2.74. The van der Waals surface area contributed by atoms with E-state index in [2.05, 4.69) is 20.6 Å². The first-order valence-electron chi connectivity index (χ1n) is 8.93. The van der Waals surface area contributed by atoms with Gasteiger partial charge < -0.3 is 9.47 Å². The van der Waals surface area contributed by atoms with E-state index < -0.39 is 11.9 Å². The van der Waals surface area contributed by atoms with Crippen LogP contribution >= 0.6 is 11.6 Å². The van der Waals surface area contributed by atoms with Crippen molar-refractivity contribution in [3.63, 3.8) is 0 Å². The molecular formula is C20H15ClN6O4. The van der Waals surface area contributed by atoms with E-state index in [0.29, 0.717) is 22.0 Å². The van der Waals surface area contributed by atoms with E-state index in [1.165, 1.54) is 29.9 Å². The molecule has 0 saturated heterocycles. The van der Waals surface area contributed by atoms with E-state index >= 15 is 0 Å². The number of ether oxygens (including phenoxy) is 2. The molecule has 156 valence electrons. The Bertz CT molecular complexity index is 1250. The quantitative estimate of drug-likeness (QED) is 0.437. The normalized spacial score (nSPS) is 10.7. The average Bonchev–Trinajstić information content (AvgIpc) is 3.47. The fourth-order valence-corrected chi connectivity index (χ4v) is 3.28. The van der Waals surface area contributed by atoms with Crippen LogP contribution in [-0.2, 0) is 9.47 Å². The minimum absolute atomic E-state index is 0.0743. The lowest BCUT2D eigenvalue weighted by Gasteiger charge is -2.09. The molecule has 0 atom stereocenters. The topological polar surface area (TPSA) is 114 Å². The lowest BCUT2D eigenvalue weighted by Crippen LogP contribution is -2.15. The molecule has 0 radical (unpaired) electrons. The van der Waals surface area contributed by atoms with Crippen molar-refractivity contribution in [3.8, 4) is 22.6 Å². The van der Waals surface area contributed by atoms with Crippen molar-refractivity contribution in [1.82, 2.24) is 30.0 Å². The molecule has 0 spiro atoms. The highest BCUT2D eigenvalue weighted by atomic mass is 35.5. The summed E-state index contributed by atoms with van der Waals surface area (Å²) < 4.78 is 12.6. The minimum Gasteiger partial charge on any atom is -0.465 e. The molecule has 10 nitrogen and oxygen atoms in total. The van der Waals surface area contributed by atoms with Crippen molar-refractivity contribution in [2.24, 2.45) is 0 Å². The van der Waals surface area contributed by atoms with E-state index in [9.17, 15) is 9.59 Å². The van der Waals surface area contributed by atoms with Crippen LogP contribution in [0.1, 0.15) is 20.8 Å². The molecule has 2 aromatic carbocycles. The van der Waals surface area contributed by atoms with E-state index in [0.717, 1.165) is 0 Å². The van der Waals surface area contributed by atoms with Gasteiger partial charge in [0.05, 0.1) is 25.6 Å². The monoisotopic (exact) mass is 438 g/mol. The Balaban J connectivity index is 2.09. The number of methoxy groups -OCH3 is 2. The number of hydrogen-bond donors (Lipinski definition) is 0. The average molecular weight is 439 g/mol. The van der Waals surface area contributed by atoms with Gasteiger partial charge in [0.15, 0.2) is 5.69 Å². The van der Waals surface area contributed by atoms with Gasteiger partial charge in [0.2, 0.25) is 0 Å². The van der Waals surface area contributed by atoms with Gasteiger partial charge in [-0.2, -0.15) is 9.78 Å². The van der Waals surface area contributed by atoms with Gasteiger partial charge in [0.1, 0.15) is 17.6 Å². The minimum atomic E-state index is -0.764. The largest absolute Gasteiger partial charge is 0.465 e. The molecule has 4 aromatic rings. The molecule has 2 heterocycles. The summed E-state index contributed by atoms with van der Waals surface area (Å²) in [6.07, 6.45) is 1.39. The highest BCUT2D eigenvalue weighted by Crippen LogP contribution is 2.34. The second kappa shape index (κ2) is 8.36. The van der Waals surface area contributed by atoms with Crippen LogP contribution in [0.5, 0.6) is 0 Å². The first kappa shape index (κ1) is 20.2. The molecule has 11 heteroatoms. The molecule has 0 aliphatic rings. The number of benzene rings is 2. The van der Waals surface area contributed by atoms with Crippen molar-refractivity contribution in [2.75, 3.05) is 14.2 Å². The Hall–Kier alpha value is -4.05. The van der Waals surface area contributed by atoms with Gasteiger partial charge in [-0.15, -0.1) is 5.10 Å². The third-order valence-corrected chi connectivity index (χ3v) is 4.70. The third kappa shape index (κ3) is 3.64. The zero-order chi connectivity index (χ0) is 22.0. The number of carbonyl (C=O) groups excluding carboxylic acids is 2. The van der Waals surface area contributed by atoms with Crippen molar-refractivity contribution >= 4 is 23.5 Å². The van der Waals surface area contributed by atoms with Crippen LogP contribution in [0, 0.1) is 0 Å². The van der Waals surface area contributed by atoms with Crippen LogP contribution in [0.3, 0.4) is 0 Å². The van der Waals surface area contributed by atoms with Crippen LogP contribution in [0.4, 0.5) is 0 Å². The van der Waals surface area contributed by atoms with Gasteiger partial charge in [-0.05, 0) is 40.8 Å². The van der Waals surface area contributed by atoms with Crippen LogP contribution in [0.15, 0.2) is 54.9 Å². The van der Waals surface area contributed by atoms with E-state index in [4.69, 9.17) is 21.1 Å². The molecule has 0 aliphatic carbocycles. The van der Waals surface area contributed by atoms with Gasteiger partial charge in [0, 0.05) is 10.6 Å². The predicted molar refractivity (Wildman–Crippen MR) is 109 cm³/mol. The van der Waals surface area contributed by atoms with Gasteiger partial charge in [-0.1, -0.05) is 29.8 Å². The lowest BCUT2D eigenvalue weighted by atomic mass is 10.0. The van der Waals surface area contributed by atoms with Crippen molar-refractivity contribution in [2.45, 2.75) is 0 Å². The Morgan fingerprint density at radius 3 is 2.39 bits per heavy atom. The van der Waals surface area contributed by atoms with Gasteiger partial charge in [0.25, 0.3) is 0 Å². The van der Waals surface area contributed by atoms with Crippen molar-refractivity contribution in [1.29, 1.82) is 0 Å². The second-order valence-corrected chi connectivity index (χ2v) is 6.66. The molecule has 0 fully saturated rings. The maximum atomic E-state index is 12.8. The number of esters is 2. The lowest BCUT2D eigenvalue weighted by molar-refractivity contribution is 0.0549. The smallest absolute Gasteiger partial charge is 0.357 e. The molecule has 0 unspecified atom stereocenters. The van der Waals surface area contributed by atoms with Crippen LogP contribution in [0.25, 0.3) is 22.6 Å². The Kier molecular flexibility index (Phi) is 5.46. The van der Waals surface area contributed by atoms with Gasteiger partial charge >= 0.3 is 11.9 Å². The summed E-state index contributed by atoms with van der Waals surface area (Å²) >= 11 is 6.24. The number of aromatic nitrogens is 6. The number of halogens is 1. The molecule has 0 saturated carbocycles. The zero-order valence-corrected chi connectivity index (χ0v) is 17.1. The Labute approximate surface area is 181 Å². The summed E-state index contributed by atoms with van der Waals surface area (Å²) in [6.45, 7) is 0. The Morgan fingerprint density at radius 2 is 1.74 bits per heavy atom. The van der Waals surface area contributed by atoms with Crippen molar-refractivity contribution < 1.29 is 19.1 Å². The maximum absolute atomic E-state index is 12.8. The molecular weight excluding hydrogens is 424 g/mol. The molecule has 0 amide bonds. The summed E-state index contributed by atoms with van der Waals surface area (Å²) in [4.78, 5) is 25.5. The van der Waals surface area contributed by atoms with Crippen LogP contribution in [-0.4, -0.2) is 56.1 Å². The standard InChI is InChI=1S/C20H15ClN6O4/c1-30-19(28)16-17(14-10-12(21)8-9-15(14)26-11-22-24-25-26)23-27(18(16)20(29)31-2)13-6-4-3-5-7-13/h3-11H,1-2H3. The zero-order valence-electron chi connectivity index (χ0n) is 16.4. The number of carbonyl (C=O) groups is 2. The van der Waals surface area contributed by atoms with E-state index in [1.807, 2.05) is 6.07 Å². The summed E-state index contributed by atoms with van der Waals surface area (Å²) in [5.41, 5.74) is 1.45. The molecule has 0 bridgehead atoms. The number of para-hydroxylation sites is 1. The molecule has 31 heavy (non-hydrogen) atoms. The highest BCUT2D eigenvalue weighted by molar-refractivity contribution is 6.31. The van der Waals surface area contributed by atoms with Gasteiger partial charge in [-0.3, -0.25) is 0 Å². The van der Waals surface area contributed by atoms with Crippen LogP contribution < -0.4 is 0 Å².